The van der Waals surface area contributed by atoms with Gasteiger partial charge in [-0.3, -0.25) is 0 Å². The van der Waals surface area contributed by atoms with Crippen LogP contribution >= 0.6 is 27.5 Å². The maximum atomic E-state index is 6.00. The van der Waals surface area contributed by atoms with E-state index in [1.54, 1.807) is 6.26 Å². The summed E-state index contributed by atoms with van der Waals surface area (Å²) in [6.45, 7) is 0. The second kappa shape index (κ2) is 5.04. The number of furan rings is 1. The van der Waals surface area contributed by atoms with Gasteiger partial charge in [-0.15, -0.1) is 0 Å². The highest BCUT2D eigenvalue weighted by Gasteiger charge is 2.17. The molecule has 0 bridgehead atoms. The van der Waals surface area contributed by atoms with Crippen molar-refractivity contribution in [3.8, 4) is 0 Å². The molecule has 1 atom stereocenters. The monoisotopic (exact) mass is 299 g/mol. The molecule has 1 aromatic heterocycles. The number of benzene rings is 1. The predicted molar refractivity (Wildman–Crippen MR) is 68.8 cm³/mol. The van der Waals surface area contributed by atoms with Crippen LogP contribution in [0.1, 0.15) is 17.4 Å². The van der Waals surface area contributed by atoms with Gasteiger partial charge in [-0.2, -0.15) is 0 Å². The van der Waals surface area contributed by atoms with Crippen molar-refractivity contribution in [2.24, 2.45) is 0 Å². The summed E-state index contributed by atoms with van der Waals surface area (Å²) >= 11 is 9.52. The molecular weight excluding hydrogens is 289 g/mol. The standard InChI is InChI=1S/C12H11BrClNO/c1-15-12(11-3-2-6-16-11)9-7-8(14)4-5-10(9)13/h2-7,12,15H,1H3. The summed E-state index contributed by atoms with van der Waals surface area (Å²) in [5.41, 5.74) is 1.06. The van der Waals surface area contributed by atoms with Crippen LogP contribution in [0.25, 0.3) is 0 Å². The molecule has 0 saturated carbocycles. The molecule has 0 fully saturated rings. The van der Waals surface area contributed by atoms with E-state index in [-0.39, 0.29) is 6.04 Å². The Morgan fingerprint density at radius 3 is 2.81 bits per heavy atom. The molecule has 2 nitrogen and oxygen atoms in total. The fourth-order valence-corrected chi connectivity index (χ4v) is 2.30. The average molecular weight is 301 g/mol. The highest BCUT2D eigenvalue weighted by Crippen LogP contribution is 2.30. The van der Waals surface area contributed by atoms with E-state index in [1.807, 2.05) is 37.4 Å². The molecule has 1 heterocycles. The van der Waals surface area contributed by atoms with Crippen molar-refractivity contribution in [3.05, 3.63) is 57.4 Å². The molecule has 0 radical (unpaired) electrons. The number of rotatable bonds is 3. The lowest BCUT2D eigenvalue weighted by atomic mass is 10.1. The number of halogens is 2. The lowest BCUT2D eigenvalue weighted by Gasteiger charge is -2.16. The van der Waals surface area contributed by atoms with Crippen LogP contribution in [0.5, 0.6) is 0 Å². The first-order valence-electron chi connectivity index (χ1n) is 4.88. The summed E-state index contributed by atoms with van der Waals surface area (Å²) in [4.78, 5) is 0. The summed E-state index contributed by atoms with van der Waals surface area (Å²) in [7, 11) is 1.89. The van der Waals surface area contributed by atoms with E-state index in [9.17, 15) is 0 Å². The molecule has 0 aliphatic heterocycles. The van der Waals surface area contributed by atoms with E-state index in [0.717, 1.165) is 15.8 Å². The molecule has 0 aliphatic carbocycles. The van der Waals surface area contributed by atoms with Gasteiger partial charge in [0.05, 0.1) is 12.3 Å². The molecule has 1 aromatic carbocycles. The van der Waals surface area contributed by atoms with Crippen LogP contribution < -0.4 is 5.32 Å². The molecule has 0 saturated heterocycles. The van der Waals surface area contributed by atoms with Crippen LogP contribution in [-0.4, -0.2) is 7.05 Å². The van der Waals surface area contributed by atoms with Gasteiger partial charge in [-0.25, -0.2) is 0 Å². The van der Waals surface area contributed by atoms with Gasteiger partial charge in [-0.1, -0.05) is 27.5 Å². The molecule has 2 aromatic rings. The Bertz CT molecular complexity index is 470. The minimum Gasteiger partial charge on any atom is -0.467 e. The van der Waals surface area contributed by atoms with Crippen LogP contribution in [0.15, 0.2) is 45.5 Å². The Labute approximate surface area is 108 Å². The van der Waals surface area contributed by atoms with Crippen molar-refractivity contribution < 1.29 is 4.42 Å². The highest BCUT2D eigenvalue weighted by molar-refractivity contribution is 9.10. The largest absolute Gasteiger partial charge is 0.467 e. The van der Waals surface area contributed by atoms with Gasteiger partial charge >= 0.3 is 0 Å². The van der Waals surface area contributed by atoms with Gasteiger partial charge in [-0.05, 0) is 42.9 Å². The molecule has 0 spiro atoms. The molecular formula is C12H11BrClNO. The molecule has 0 aliphatic rings. The predicted octanol–water partition coefficient (Wildman–Crippen LogP) is 4.00. The second-order valence-corrected chi connectivity index (χ2v) is 4.69. The van der Waals surface area contributed by atoms with Crippen molar-refractivity contribution >= 4 is 27.5 Å². The Balaban J connectivity index is 2.44. The molecule has 0 amide bonds. The molecule has 4 heteroatoms. The van der Waals surface area contributed by atoms with Crippen LogP contribution in [0, 0.1) is 0 Å². The molecule has 2 rings (SSSR count). The lowest BCUT2D eigenvalue weighted by molar-refractivity contribution is 0.462. The Hall–Kier alpha value is -0.770. The van der Waals surface area contributed by atoms with Crippen LogP contribution in [0.4, 0.5) is 0 Å². The van der Waals surface area contributed by atoms with Gasteiger partial charge < -0.3 is 9.73 Å². The normalized spacial score (nSPS) is 12.7. The minimum absolute atomic E-state index is 0.00285. The second-order valence-electron chi connectivity index (χ2n) is 3.40. The van der Waals surface area contributed by atoms with Crippen molar-refractivity contribution in [1.82, 2.24) is 5.32 Å². The maximum absolute atomic E-state index is 6.00. The van der Waals surface area contributed by atoms with Crippen LogP contribution in [-0.2, 0) is 0 Å². The maximum Gasteiger partial charge on any atom is 0.125 e. The Morgan fingerprint density at radius 2 is 2.19 bits per heavy atom. The van der Waals surface area contributed by atoms with E-state index >= 15 is 0 Å². The van der Waals surface area contributed by atoms with Crippen molar-refractivity contribution in [2.75, 3.05) is 7.05 Å². The molecule has 1 N–H and O–H groups in total. The average Bonchev–Trinajstić information content (AvgIpc) is 2.78. The number of nitrogens with one attached hydrogen (secondary N) is 1. The third-order valence-electron chi connectivity index (χ3n) is 2.39. The molecule has 84 valence electrons. The number of hydrogen-bond donors (Lipinski definition) is 1. The van der Waals surface area contributed by atoms with E-state index in [0.29, 0.717) is 5.02 Å². The Kier molecular flexibility index (Phi) is 3.69. The van der Waals surface area contributed by atoms with Gasteiger partial charge in [0, 0.05) is 9.50 Å². The van der Waals surface area contributed by atoms with Gasteiger partial charge in [0.2, 0.25) is 0 Å². The molecule has 16 heavy (non-hydrogen) atoms. The third kappa shape index (κ3) is 2.32. The van der Waals surface area contributed by atoms with E-state index in [4.69, 9.17) is 16.0 Å². The topological polar surface area (TPSA) is 25.2 Å². The first-order valence-corrected chi connectivity index (χ1v) is 6.05. The Morgan fingerprint density at radius 1 is 1.38 bits per heavy atom. The highest BCUT2D eigenvalue weighted by atomic mass is 79.9. The zero-order chi connectivity index (χ0) is 11.5. The van der Waals surface area contributed by atoms with Crippen molar-refractivity contribution in [1.29, 1.82) is 0 Å². The van der Waals surface area contributed by atoms with Crippen molar-refractivity contribution in [3.63, 3.8) is 0 Å². The van der Waals surface area contributed by atoms with Gasteiger partial charge in [0.25, 0.3) is 0 Å². The van der Waals surface area contributed by atoms with Crippen molar-refractivity contribution in [2.45, 2.75) is 6.04 Å². The zero-order valence-corrected chi connectivity index (χ0v) is 11.0. The first kappa shape index (κ1) is 11.7. The lowest BCUT2D eigenvalue weighted by Crippen LogP contribution is -2.17. The van der Waals surface area contributed by atoms with E-state index < -0.39 is 0 Å². The summed E-state index contributed by atoms with van der Waals surface area (Å²) in [6.07, 6.45) is 1.66. The third-order valence-corrected chi connectivity index (χ3v) is 3.34. The summed E-state index contributed by atoms with van der Waals surface area (Å²) < 4.78 is 6.42. The van der Waals surface area contributed by atoms with E-state index in [1.165, 1.54) is 0 Å². The van der Waals surface area contributed by atoms with Gasteiger partial charge in [0.15, 0.2) is 0 Å². The zero-order valence-electron chi connectivity index (χ0n) is 8.71. The quantitative estimate of drug-likeness (QED) is 0.926. The summed E-state index contributed by atoms with van der Waals surface area (Å²) in [6, 6.07) is 9.53. The fraction of sp³-hybridized carbons (Fsp3) is 0.167. The van der Waals surface area contributed by atoms with Crippen LogP contribution in [0.3, 0.4) is 0 Å². The van der Waals surface area contributed by atoms with Gasteiger partial charge in [0.1, 0.15) is 5.76 Å². The molecule has 1 unspecified atom stereocenters. The van der Waals surface area contributed by atoms with E-state index in [2.05, 4.69) is 21.2 Å². The summed E-state index contributed by atoms with van der Waals surface area (Å²) in [5.74, 6) is 0.866. The fourth-order valence-electron chi connectivity index (χ4n) is 1.64. The summed E-state index contributed by atoms with van der Waals surface area (Å²) in [5, 5.41) is 3.92. The minimum atomic E-state index is 0.00285. The first-order chi connectivity index (χ1) is 7.72. The van der Waals surface area contributed by atoms with Crippen LogP contribution in [0.2, 0.25) is 5.02 Å². The number of hydrogen-bond acceptors (Lipinski definition) is 2. The smallest absolute Gasteiger partial charge is 0.125 e. The SMILES string of the molecule is CNC(c1ccco1)c1cc(Cl)ccc1Br.